The second-order valence-electron chi connectivity index (χ2n) is 14.6. The van der Waals surface area contributed by atoms with Crippen LogP contribution >= 0.6 is 0 Å². The lowest BCUT2D eigenvalue weighted by Crippen LogP contribution is -2.54. The lowest BCUT2D eigenvalue weighted by Gasteiger charge is -2.45. The number of hydrogen-bond donors (Lipinski definition) is 0. The summed E-state index contributed by atoms with van der Waals surface area (Å²) in [5.41, 5.74) is 4.09. The third-order valence-corrected chi connectivity index (χ3v) is 12.4. The van der Waals surface area contributed by atoms with Crippen LogP contribution in [0.15, 0.2) is 41.5 Å². The van der Waals surface area contributed by atoms with Crippen molar-refractivity contribution in [1.29, 1.82) is 0 Å². The van der Waals surface area contributed by atoms with Crippen molar-refractivity contribution in [3.8, 4) is 0 Å². The van der Waals surface area contributed by atoms with Gasteiger partial charge < -0.3 is 14.4 Å². The summed E-state index contributed by atoms with van der Waals surface area (Å²) >= 11 is 0. The van der Waals surface area contributed by atoms with E-state index in [1.165, 1.54) is 24.8 Å². The van der Waals surface area contributed by atoms with Crippen molar-refractivity contribution in [3.63, 3.8) is 0 Å². The molecule has 1 spiro atoms. The van der Waals surface area contributed by atoms with E-state index >= 15 is 0 Å². The summed E-state index contributed by atoms with van der Waals surface area (Å²) in [6, 6.07) is 10.0. The lowest BCUT2D eigenvalue weighted by molar-refractivity contribution is -0.126. The van der Waals surface area contributed by atoms with Crippen LogP contribution in [0.5, 0.6) is 0 Å². The Morgan fingerprint density at radius 3 is 2.66 bits per heavy atom. The molecule has 5 nitrogen and oxygen atoms in total. The summed E-state index contributed by atoms with van der Waals surface area (Å²) in [6.07, 6.45) is 10.4. The van der Waals surface area contributed by atoms with E-state index < -0.39 is 0 Å². The van der Waals surface area contributed by atoms with Gasteiger partial charge in [0.15, 0.2) is 0 Å². The second-order valence-corrected chi connectivity index (χ2v) is 14.6. The van der Waals surface area contributed by atoms with Crippen LogP contribution in [0.25, 0.3) is 0 Å². The molecule has 2 saturated heterocycles. The van der Waals surface area contributed by atoms with Gasteiger partial charge in [-0.05, 0) is 92.1 Å². The van der Waals surface area contributed by atoms with Gasteiger partial charge in [-0.3, -0.25) is 4.79 Å². The average molecular weight is 562 g/mol. The monoisotopic (exact) mass is 561 g/mol. The number of likely N-dealkylation sites (tertiary alicyclic amines) is 1. The first-order valence-corrected chi connectivity index (χ1v) is 16.5. The summed E-state index contributed by atoms with van der Waals surface area (Å²) in [6.45, 7) is 12.7. The smallest absolute Gasteiger partial charge is 0.410 e. The number of ketones is 1. The van der Waals surface area contributed by atoms with Crippen molar-refractivity contribution >= 4 is 11.9 Å². The minimum Gasteiger partial charge on any atom is -0.445 e. The largest absolute Gasteiger partial charge is 0.445 e. The quantitative estimate of drug-likeness (QED) is 0.341. The Bertz CT molecular complexity index is 1180. The molecule has 1 amide bonds. The molecule has 1 unspecified atom stereocenters. The minimum absolute atomic E-state index is 0.0505. The Labute approximate surface area is 247 Å². The Morgan fingerprint density at radius 2 is 1.90 bits per heavy atom. The number of Topliss-reactive ketones (excluding diaryl/α,β-unsaturated/α-hetero) is 1. The number of allylic oxidation sites excluding steroid dienone is 1. The van der Waals surface area contributed by atoms with Crippen molar-refractivity contribution in [2.45, 2.75) is 123 Å². The van der Waals surface area contributed by atoms with Crippen molar-refractivity contribution in [3.05, 3.63) is 47.0 Å². The van der Waals surface area contributed by atoms with Gasteiger partial charge in [-0.25, -0.2) is 4.79 Å². The highest BCUT2D eigenvalue weighted by atomic mass is 16.6. The zero-order valence-electron chi connectivity index (χ0n) is 26.0. The zero-order chi connectivity index (χ0) is 28.9. The van der Waals surface area contributed by atoms with E-state index in [9.17, 15) is 9.59 Å². The number of carbonyl (C=O) groups is 2. The van der Waals surface area contributed by atoms with E-state index in [-0.39, 0.29) is 35.2 Å². The van der Waals surface area contributed by atoms with E-state index in [1.807, 2.05) is 35.2 Å². The highest BCUT2D eigenvalue weighted by molar-refractivity contribution is 5.79. The topological polar surface area (TPSA) is 55.8 Å². The molecule has 1 aromatic carbocycles. The standard InChI is InChI=1S/C36H51NO4/c1-6-10-28-19-30(38)14-15-35(28,5)29-18-27-13-16-36(24(3)31(27)20-29)25(4)33-32(41-36)17-23(2)21-37(33)34(39)40-22-26-11-8-7-9-12-26/h7-9,11-12,23,25,27-29,32-33H,6,10,13-22H2,1-5H3/t23-,25+,27-,28+,29+,32+,33-,35-,36?/m0/s1. The first kappa shape index (κ1) is 29.0. The van der Waals surface area contributed by atoms with Crippen LogP contribution in [0.1, 0.15) is 104 Å². The summed E-state index contributed by atoms with van der Waals surface area (Å²) < 4.78 is 13.0. The number of nitrogens with zero attached hydrogens (tertiary/aromatic N) is 1. The maximum absolute atomic E-state index is 13.5. The summed E-state index contributed by atoms with van der Waals surface area (Å²) in [5.74, 6) is 2.91. The molecule has 3 aliphatic carbocycles. The van der Waals surface area contributed by atoms with Crippen LogP contribution in [0.2, 0.25) is 0 Å². The lowest BCUT2D eigenvalue weighted by atomic mass is 9.59. The maximum Gasteiger partial charge on any atom is 0.410 e. The Hall–Kier alpha value is -2.14. The van der Waals surface area contributed by atoms with Crippen LogP contribution in [0.3, 0.4) is 0 Å². The van der Waals surface area contributed by atoms with Gasteiger partial charge in [0.2, 0.25) is 0 Å². The number of piperidine rings is 1. The van der Waals surface area contributed by atoms with E-state index in [1.54, 1.807) is 5.57 Å². The van der Waals surface area contributed by atoms with E-state index in [0.717, 1.165) is 57.1 Å². The van der Waals surface area contributed by atoms with Gasteiger partial charge in [0.05, 0.1) is 17.7 Å². The number of ether oxygens (including phenoxy) is 2. The molecule has 5 heteroatoms. The molecule has 2 saturated carbocycles. The van der Waals surface area contributed by atoms with Gasteiger partial charge in [0.1, 0.15) is 12.4 Å². The van der Waals surface area contributed by atoms with Gasteiger partial charge in [-0.15, -0.1) is 0 Å². The summed E-state index contributed by atoms with van der Waals surface area (Å²) in [7, 11) is 0. The molecule has 0 aromatic heterocycles. The molecule has 0 bridgehead atoms. The Balaban J connectivity index is 1.23. The third kappa shape index (κ3) is 4.98. The fourth-order valence-corrected chi connectivity index (χ4v) is 9.99. The summed E-state index contributed by atoms with van der Waals surface area (Å²) in [5, 5.41) is 0. The molecule has 5 aliphatic rings. The van der Waals surface area contributed by atoms with Crippen LogP contribution in [-0.4, -0.2) is 41.1 Å². The molecule has 41 heavy (non-hydrogen) atoms. The number of rotatable bonds is 5. The van der Waals surface area contributed by atoms with Crippen LogP contribution in [0.4, 0.5) is 4.79 Å². The number of benzene rings is 1. The first-order chi connectivity index (χ1) is 19.7. The minimum atomic E-state index is -0.287. The first-order valence-electron chi connectivity index (χ1n) is 16.5. The highest BCUT2D eigenvalue weighted by Crippen LogP contribution is 2.61. The van der Waals surface area contributed by atoms with E-state index in [0.29, 0.717) is 36.1 Å². The van der Waals surface area contributed by atoms with Gasteiger partial charge >= 0.3 is 6.09 Å². The molecule has 6 rings (SSSR count). The van der Waals surface area contributed by atoms with Crippen molar-refractivity contribution in [2.24, 2.45) is 35.0 Å². The molecule has 9 atom stereocenters. The van der Waals surface area contributed by atoms with Crippen molar-refractivity contribution < 1.29 is 19.1 Å². The highest BCUT2D eigenvalue weighted by Gasteiger charge is 2.61. The second kappa shape index (κ2) is 11.2. The molecule has 4 fully saturated rings. The SMILES string of the molecule is CCC[C@@H]1CC(=O)CC[C@]1(C)[C@H]1CC2=C(C)C3(CC[C@H]2C1)O[C@@H]1C[C@H](C)CN(C(=O)OCc2ccccc2)[C@H]1[C@H]3C. The molecule has 224 valence electrons. The Kier molecular flexibility index (Phi) is 7.89. The van der Waals surface area contributed by atoms with E-state index in [4.69, 9.17) is 9.47 Å². The fourth-order valence-electron chi connectivity index (χ4n) is 9.99. The van der Waals surface area contributed by atoms with Gasteiger partial charge in [0.25, 0.3) is 0 Å². The van der Waals surface area contributed by atoms with Gasteiger partial charge in [0, 0.05) is 25.3 Å². The number of hydrogen-bond acceptors (Lipinski definition) is 4. The fraction of sp³-hybridized carbons (Fsp3) is 0.722. The van der Waals surface area contributed by atoms with Crippen LogP contribution < -0.4 is 0 Å². The van der Waals surface area contributed by atoms with Crippen molar-refractivity contribution in [2.75, 3.05) is 6.54 Å². The molecule has 1 aromatic rings. The zero-order valence-corrected chi connectivity index (χ0v) is 26.0. The number of amides is 1. The van der Waals surface area contributed by atoms with Crippen molar-refractivity contribution in [1.82, 2.24) is 4.90 Å². The number of carbonyl (C=O) groups excluding carboxylic acids is 2. The predicted molar refractivity (Wildman–Crippen MR) is 161 cm³/mol. The average Bonchev–Trinajstić information content (AvgIpc) is 3.52. The molecule has 2 heterocycles. The summed E-state index contributed by atoms with van der Waals surface area (Å²) in [4.78, 5) is 28.0. The predicted octanol–water partition coefficient (Wildman–Crippen LogP) is 8.12. The normalized spacial score (nSPS) is 40.6. The molecule has 2 aliphatic heterocycles. The van der Waals surface area contributed by atoms with E-state index in [2.05, 4.69) is 34.6 Å². The van der Waals surface area contributed by atoms with Gasteiger partial charge in [-0.1, -0.05) is 70.0 Å². The molecular weight excluding hydrogens is 510 g/mol. The molecule has 0 N–H and O–H groups in total. The van der Waals surface area contributed by atoms with Crippen LogP contribution in [-0.2, 0) is 20.9 Å². The third-order valence-electron chi connectivity index (χ3n) is 12.4. The van der Waals surface area contributed by atoms with Crippen LogP contribution in [0, 0.1) is 35.0 Å². The molecular formula is C36H51NO4. The molecule has 0 radical (unpaired) electrons. The number of fused-ring (bicyclic) bond motifs is 2. The maximum atomic E-state index is 13.5. The van der Waals surface area contributed by atoms with Gasteiger partial charge in [-0.2, -0.15) is 0 Å². The Morgan fingerprint density at radius 1 is 1.12 bits per heavy atom.